The smallest absolute Gasteiger partial charge is 0.417 e. The number of benzene rings is 1. The third-order valence-corrected chi connectivity index (χ3v) is 5.99. The Kier molecular flexibility index (Phi) is 5.47. The number of nitrogens with one attached hydrogen (secondary N) is 1. The number of carbonyl (C=O) groups excluding carboxylic acids is 1. The Morgan fingerprint density at radius 2 is 2.03 bits per heavy atom. The molecule has 0 aliphatic carbocycles. The average molecular weight is 471 g/mol. The van der Waals surface area contributed by atoms with E-state index in [4.69, 9.17) is 9.47 Å². The van der Waals surface area contributed by atoms with E-state index in [1.165, 1.54) is 30.0 Å². The summed E-state index contributed by atoms with van der Waals surface area (Å²) in [5.74, 6) is -6.56. The fourth-order valence-electron chi connectivity index (χ4n) is 4.05. The molecule has 1 N–H and O–H groups in total. The SMILES string of the molecule is COc1c([C@H]2[C@H](C(=O)Nc3cnc4nncn4c3)O[C@@](C)(C(F)(F)F)[C@H]2C)ccc(F)c1F. The lowest BCUT2D eigenvalue weighted by Crippen LogP contribution is -2.47. The molecule has 1 aliphatic heterocycles. The van der Waals surface area contributed by atoms with Crippen LogP contribution in [0.3, 0.4) is 0 Å². The molecule has 0 saturated carbocycles. The Hall–Kier alpha value is -3.35. The molecule has 1 amide bonds. The maximum Gasteiger partial charge on any atom is 0.417 e. The monoisotopic (exact) mass is 471 g/mol. The summed E-state index contributed by atoms with van der Waals surface area (Å²) in [6, 6.07) is 1.86. The zero-order valence-corrected chi connectivity index (χ0v) is 17.5. The third-order valence-electron chi connectivity index (χ3n) is 5.99. The molecule has 8 nitrogen and oxygen atoms in total. The van der Waals surface area contributed by atoms with Gasteiger partial charge in [-0.25, -0.2) is 9.37 Å². The molecule has 3 aromatic rings. The lowest BCUT2D eigenvalue weighted by Gasteiger charge is -2.32. The number of fused-ring (bicyclic) bond motifs is 1. The Morgan fingerprint density at radius 3 is 2.70 bits per heavy atom. The molecule has 13 heteroatoms. The van der Waals surface area contributed by atoms with E-state index < -0.39 is 53.0 Å². The van der Waals surface area contributed by atoms with E-state index in [0.29, 0.717) is 0 Å². The molecule has 3 heterocycles. The van der Waals surface area contributed by atoms with Gasteiger partial charge in [-0.2, -0.15) is 17.6 Å². The van der Waals surface area contributed by atoms with Crippen LogP contribution in [0, 0.1) is 17.6 Å². The van der Waals surface area contributed by atoms with Crippen molar-refractivity contribution < 1.29 is 36.2 Å². The lowest BCUT2D eigenvalue weighted by molar-refractivity contribution is -0.272. The van der Waals surface area contributed by atoms with Gasteiger partial charge in [0.2, 0.25) is 5.82 Å². The van der Waals surface area contributed by atoms with Crippen LogP contribution >= 0.6 is 0 Å². The van der Waals surface area contributed by atoms with Gasteiger partial charge < -0.3 is 14.8 Å². The van der Waals surface area contributed by atoms with E-state index in [2.05, 4.69) is 20.5 Å². The van der Waals surface area contributed by atoms with Crippen LogP contribution in [0.1, 0.15) is 25.3 Å². The summed E-state index contributed by atoms with van der Waals surface area (Å²) >= 11 is 0. The van der Waals surface area contributed by atoms with Crippen molar-refractivity contribution in [1.29, 1.82) is 0 Å². The average Bonchev–Trinajstić information content (AvgIpc) is 3.32. The number of halogens is 5. The second-order valence-electron chi connectivity index (χ2n) is 7.81. The fourth-order valence-corrected chi connectivity index (χ4v) is 4.05. The van der Waals surface area contributed by atoms with Gasteiger partial charge in [-0.1, -0.05) is 13.0 Å². The van der Waals surface area contributed by atoms with E-state index in [9.17, 15) is 26.7 Å². The van der Waals surface area contributed by atoms with Crippen molar-refractivity contribution in [3.63, 3.8) is 0 Å². The first kappa shape index (κ1) is 22.8. The molecular formula is C20H18F5N5O3. The van der Waals surface area contributed by atoms with Crippen LogP contribution < -0.4 is 10.1 Å². The number of alkyl halides is 3. The number of nitrogens with zero attached hydrogens (tertiary/aromatic N) is 4. The summed E-state index contributed by atoms with van der Waals surface area (Å²) in [5.41, 5.74) is -2.73. The number of rotatable bonds is 4. The highest BCUT2D eigenvalue weighted by Crippen LogP contribution is 2.54. The highest BCUT2D eigenvalue weighted by molar-refractivity contribution is 5.95. The summed E-state index contributed by atoms with van der Waals surface area (Å²) in [6.07, 6.45) is -2.58. The second kappa shape index (κ2) is 7.90. The van der Waals surface area contributed by atoms with Gasteiger partial charge in [0.05, 0.1) is 19.0 Å². The van der Waals surface area contributed by atoms with Crippen molar-refractivity contribution in [3.05, 3.63) is 48.1 Å². The molecular weight excluding hydrogens is 453 g/mol. The van der Waals surface area contributed by atoms with Crippen LogP contribution in [0.4, 0.5) is 27.6 Å². The molecule has 1 fully saturated rings. The molecule has 2 aromatic heterocycles. The van der Waals surface area contributed by atoms with Gasteiger partial charge >= 0.3 is 6.18 Å². The first-order valence-electron chi connectivity index (χ1n) is 9.70. The van der Waals surface area contributed by atoms with E-state index in [-0.39, 0.29) is 17.0 Å². The van der Waals surface area contributed by atoms with Crippen LogP contribution in [0.15, 0.2) is 30.9 Å². The maximum atomic E-state index is 14.4. The number of hydrogen-bond acceptors (Lipinski definition) is 6. The van der Waals surface area contributed by atoms with Gasteiger partial charge in [0, 0.05) is 23.6 Å². The van der Waals surface area contributed by atoms with E-state index in [1.54, 1.807) is 0 Å². The molecule has 0 radical (unpaired) electrons. The number of methoxy groups -OCH3 is 1. The number of amides is 1. The van der Waals surface area contributed by atoms with Gasteiger partial charge in [-0.05, 0) is 13.0 Å². The summed E-state index contributed by atoms with van der Waals surface area (Å²) in [6.45, 7) is 2.05. The minimum Gasteiger partial charge on any atom is -0.493 e. The predicted octanol–water partition coefficient (Wildman–Crippen LogP) is 3.49. The highest BCUT2D eigenvalue weighted by Gasteiger charge is 2.65. The molecule has 0 bridgehead atoms. The first-order chi connectivity index (χ1) is 15.5. The van der Waals surface area contributed by atoms with E-state index in [1.807, 2.05) is 0 Å². The normalized spacial score (nSPS) is 25.4. The molecule has 1 aliphatic rings. The highest BCUT2D eigenvalue weighted by atomic mass is 19.4. The Balaban J connectivity index is 1.76. The zero-order valence-electron chi connectivity index (χ0n) is 17.5. The summed E-state index contributed by atoms with van der Waals surface area (Å²) in [4.78, 5) is 17.1. The largest absolute Gasteiger partial charge is 0.493 e. The van der Waals surface area contributed by atoms with Crippen LogP contribution in [0.5, 0.6) is 5.75 Å². The maximum absolute atomic E-state index is 14.4. The topological polar surface area (TPSA) is 90.6 Å². The number of carbonyl (C=O) groups is 1. The summed E-state index contributed by atoms with van der Waals surface area (Å²) in [7, 11) is 1.06. The van der Waals surface area contributed by atoms with Gasteiger partial charge in [0.1, 0.15) is 12.4 Å². The van der Waals surface area contributed by atoms with Crippen LogP contribution in [-0.4, -0.2) is 50.5 Å². The van der Waals surface area contributed by atoms with Crippen molar-refractivity contribution in [2.45, 2.75) is 37.6 Å². The van der Waals surface area contributed by atoms with Gasteiger partial charge in [0.15, 0.2) is 17.2 Å². The first-order valence-corrected chi connectivity index (χ1v) is 9.70. The zero-order chi connectivity index (χ0) is 24.1. The van der Waals surface area contributed by atoms with E-state index >= 15 is 0 Å². The van der Waals surface area contributed by atoms with Crippen molar-refractivity contribution >= 4 is 17.4 Å². The molecule has 176 valence electrons. The van der Waals surface area contributed by atoms with Crippen molar-refractivity contribution in [2.75, 3.05) is 12.4 Å². The molecule has 1 saturated heterocycles. The second-order valence-corrected chi connectivity index (χ2v) is 7.81. The van der Waals surface area contributed by atoms with Gasteiger partial charge in [-0.3, -0.25) is 9.20 Å². The Bertz CT molecular complexity index is 1220. The molecule has 4 atom stereocenters. The quantitative estimate of drug-likeness (QED) is 0.586. The predicted molar refractivity (Wildman–Crippen MR) is 104 cm³/mol. The number of anilines is 1. The van der Waals surface area contributed by atoms with E-state index in [0.717, 1.165) is 26.2 Å². The Labute approximate surface area is 183 Å². The Morgan fingerprint density at radius 1 is 1.30 bits per heavy atom. The minimum absolute atomic E-state index is 0.121. The standard InChI is InChI=1S/C20H18F5N5O3/c1-9-13(11-4-5-12(21)14(22)15(11)32-3)16(33-19(9,2)20(23,24)25)17(31)28-10-6-26-18-29-27-8-30(18)7-10/h4-9,13,16H,1-3H3,(H,28,31)/t9-,13-,16+,19+/m0/s1. The lowest BCUT2D eigenvalue weighted by atomic mass is 9.77. The van der Waals surface area contributed by atoms with Gasteiger partial charge in [0.25, 0.3) is 11.7 Å². The molecule has 0 unspecified atom stereocenters. The third kappa shape index (κ3) is 3.65. The van der Waals surface area contributed by atoms with Crippen molar-refractivity contribution in [2.24, 2.45) is 5.92 Å². The van der Waals surface area contributed by atoms with Gasteiger partial charge in [-0.15, -0.1) is 10.2 Å². The van der Waals surface area contributed by atoms with Crippen molar-refractivity contribution in [3.8, 4) is 5.75 Å². The van der Waals surface area contributed by atoms with Crippen molar-refractivity contribution in [1.82, 2.24) is 19.6 Å². The summed E-state index contributed by atoms with van der Waals surface area (Å²) in [5, 5.41) is 9.83. The number of hydrogen-bond donors (Lipinski definition) is 1. The molecule has 33 heavy (non-hydrogen) atoms. The van der Waals surface area contributed by atoms with Crippen LogP contribution in [0.2, 0.25) is 0 Å². The molecule has 0 spiro atoms. The van der Waals surface area contributed by atoms with Crippen LogP contribution in [0.25, 0.3) is 5.78 Å². The molecule has 1 aromatic carbocycles. The minimum atomic E-state index is -4.85. The van der Waals surface area contributed by atoms with Crippen LogP contribution in [-0.2, 0) is 9.53 Å². The fraction of sp³-hybridized carbons (Fsp3) is 0.400. The number of aromatic nitrogens is 4. The summed E-state index contributed by atoms with van der Waals surface area (Å²) < 4.78 is 81.7. The number of ether oxygens (including phenoxy) is 2. The molecule has 4 rings (SSSR count).